The quantitative estimate of drug-likeness (QED) is 0.782. The maximum atomic E-state index is 12.5. The molecule has 1 fully saturated rings. The monoisotopic (exact) mass is 332 g/mol. The number of aryl methyl sites for hydroxylation is 1. The van der Waals surface area contributed by atoms with Crippen molar-refractivity contribution < 1.29 is 14.1 Å². The standard InChI is InChI=1S/C18H29BN2O3/c1-12-10-13(19-23-17(5,6)18(7,8)24-19)11-20-14(12)21(9)15(22)16(2,3)4/h10-11H,1-9H3. The van der Waals surface area contributed by atoms with Gasteiger partial charge < -0.3 is 9.31 Å². The third-order valence-corrected chi connectivity index (χ3v) is 4.86. The normalized spacial score (nSPS) is 19.5. The lowest BCUT2D eigenvalue weighted by Gasteiger charge is -2.32. The van der Waals surface area contributed by atoms with Gasteiger partial charge in [-0.2, -0.15) is 0 Å². The van der Waals surface area contributed by atoms with Gasteiger partial charge in [-0.05, 0) is 40.2 Å². The highest BCUT2D eigenvalue weighted by atomic mass is 16.7. The lowest BCUT2D eigenvalue weighted by Crippen LogP contribution is -2.41. The van der Waals surface area contributed by atoms with Crippen molar-refractivity contribution in [2.45, 2.75) is 66.6 Å². The molecule has 0 spiro atoms. The third kappa shape index (κ3) is 3.35. The summed E-state index contributed by atoms with van der Waals surface area (Å²) in [5, 5.41) is 0. The van der Waals surface area contributed by atoms with Gasteiger partial charge in [0, 0.05) is 24.1 Å². The van der Waals surface area contributed by atoms with Gasteiger partial charge in [0.15, 0.2) is 0 Å². The van der Waals surface area contributed by atoms with Crippen molar-refractivity contribution in [3.05, 3.63) is 17.8 Å². The Morgan fingerprint density at radius 2 is 1.67 bits per heavy atom. The molecule has 132 valence electrons. The van der Waals surface area contributed by atoms with E-state index in [1.807, 2.05) is 61.5 Å². The molecule has 0 aliphatic carbocycles. The minimum absolute atomic E-state index is 0.0292. The zero-order valence-corrected chi connectivity index (χ0v) is 16.4. The molecule has 0 N–H and O–H groups in total. The summed E-state index contributed by atoms with van der Waals surface area (Å²) in [5.41, 5.74) is 0.563. The number of hydrogen-bond acceptors (Lipinski definition) is 4. The molecular formula is C18H29BN2O3. The number of rotatable bonds is 2. The molecule has 1 amide bonds. The van der Waals surface area contributed by atoms with E-state index in [4.69, 9.17) is 9.31 Å². The second kappa shape index (κ2) is 5.85. The van der Waals surface area contributed by atoms with Crippen LogP contribution in [0.1, 0.15) is 54.0 Å². The van der Waals surface area contributed by atoms with Crippen LogP contribution in [0.25, 0.3) is 0 Å². The first kappa shape index (κ1) is 18.9. The maximum absolute atomic E-state index is 12.5. The molecule has 1 aromatic heterocycles. The Balaban J connectivity index is 2.27. The van der Waals surface area contributed by atoms with Gasteiger partial charge in [0.2, 0.25) is 5.91 Å². The van der Waals surface area contributed by atoms with Crippen molar-refractivity contribution in [2.75, 3.05) is 11.9 Å². The van der Waals surface area contributed by atoms with Gasteiger partial charge in [0.05, 0.1) is 11.2 Å². The predicted octanol–water partition coefficient (Wildman–Crippen LogP) is 2.70. The van der Waals surface area contributed by atoms with Crippen LogP contribution in [-0.2, 0) is 14.1 Å². The van der Waals surface area contributed by atoms with E-state index in [1.165, 1.54) is 0 Å². The SMILES string of the molecule is Cc1cc(B2OC(C)(C)C(C)(C)O2)cnc1N(C)C(=O)C(C)(C)C. The lowest BCUT2D eigenvalue weighted by atomic mass is 9.79. The maximum Gasteiger partial charge on any atom is 0.496 e. The van der Waals surface area contributed by atoms with E-state index in [2.05, 4.69) is 4.98 Å². The summed E-state index contributed by atoms with van der Waals surface area (Å²) in [6.07, 6.45) is 1.73. The summed E-state index contributed by atoms with van der Waals surface area (Å²) in [7, 11) is 1.32. The van der Waals surface area contributed by atoms with E-state index in [1.54, 1.807) is 18.1 Å². The van der Waals surface area contributed by atoms with Crippen LogP contribution in [0.3, 0.4) is 0 Å². The van der Waals surface area contributed by atoms with Crippen molar-refractivity contribution in [1.82, 2.24) is 4.98 Å². The third-order valence-electron chi connectivity index (χ3n) is 4.86. The zero-order chi connectivity index (χ0) is 18.5. The molecule has 0 bridgehead atoms. The summed E-state index contributed by atoms with van der Waals surface area (Å²) in [5.74, 6) is 0.691. The fraction of sp³-hybridized carbons (Fsp3) is 0.667. The number of pyridine rings is 1. The molecule has 0 saturated carbocycles. The van der Waals surface area contributed by atoms with Crippen LogP contribution in [-0.4, -0.2) is 36.3 Å². The fourth-order valence-electron chi connectivity index (χ4n) is 2.65. The van der Waals surface area contributed by atoms with Gasteiger partial charge in [-0.3, -0.25) is 9.69 Å². The van der Waals surface area contributed by atoms with Gasteiger partial charge in [-0.25, -0.2) is 4.98 Å². The number of nitrogens with zero attached hydrogens (tertiary/aromatic N) is 2. The van der Waals surface area contributed by atoms with E-state index >= 15 is 0 Å². The Hall–Kier alpha value is -1.40. The van der Waals surface area contributed by atoms with Crippen molar-refractivity contribution in [2.24, 2.45) is 5.41 Å². The molecule has 2 rings (SSSR count). The molecule has 1 aromatic rings. The molecule has 2 heterocycles. The van der Waals surface area contributed by atoms with Gasteiger partial charge in [0.25, 0.3) is 0 Å². The summed E-state index contributed by atoms with van der Waals surface area (Å²) in [6.45, 7) is 15.8. The van der Waals surface area contributed by atoms with Crippen molar-refractivity contribution in [1.29, 1.82) is 0 Å². The molecular weight excluding hydrogens is 303 g/mol. The summed E-state index contributed by atoms with van der Waals surface area (Å²) in [6, 6.07) is 1.98. The second-order valence-electron chi connectivity index (χ2n) is 8.61. The Morgan fingerprint density at radius 3 is 2.08 bits per heavy atom. The molecule has 0 unspecified atom stereocenters. The highest BCUT2D eigenvalue weighted by molar-refractivity contribution is 6.62. The van der Waals surface area contributed by atoms with Crippen LogP contribution >= 0.6 is 0 Å². The van der Waals surface area contributed by atoms with Crippen molar-refractivity contribution in [3.63, 3.8) is 0 Å². The molecule has 1 aliphatic rings. The van der Waals surface area contributed by atoms with Crippen LogP contribution in [0.5, 0.6) is 0 Å². The predicted molar refractivity (Wildman–Crippen MR) is 97.6 cm³/mol. The number of hydrogen-bond donors (Lipinski definition) is 0. The summed E-state index contributed by atoms with van der Waals surface area (Å²) >= 11 is 0. The lowest BCUT2D eigenvalue weighted by molar-refractivity contribution is -0.125. The first-order chi connectivity index (χ1) is 10.8. The van der Waals surface area contributed by atoms with Crippen molar-refractivity contribution in [3.8, 4) is 0 Å². The fourth-order valence-corrected chi connectivity index (χ4v) is 2.65. The number of carbonyl (C=O) groups excluding carboxylic acids is 1. The van der Waals surface area contributed by atoms with E-state index in [-0.39, 0.29) is 17.1 Å². The van der Waals surface area contributed by atoms with E-state index in [0.717, 1.165) is 11.0 Å². The first-order valence-corrected chi connectivity index (χ1v) is 8.36. The molecule has 0 radical (unpaired) electrons. The van der Waals surface area contributed by atoms with Crippen LogP contribution in [0.4, 0.5) is 5.82 Å². The van der Waals surface area contributed by atoms with Gasteiger partial charge in [0.1, 0.15) is 5.82 Å². The van der Waals surface area contributed by atoms with Gasteiger partial charge >= 0.3 is 7.12 Å². The van der Waals surface area contributed by atoms with Crippen LogP contribution < -0.4 is 10.4 Å². The minimum atomic E-state index is -0.451. The largest absolute Gasteiger partial charge is 0.496 e. The molecule has 24 heavy (non-hydrogen) atoms. The number of aromatic nitrogens is 1. The molecule has 0 aromatic carbocycles. The van der Waals surface area contributed by atoms with Gasteiger partial charge in [-0.15, -0.1) is 0 Å². The Kier molecular flexibility index (Phi) is 4.61. The molecule has 5 nitrogen and oxygen atoms in total. The topological polar surface area (TPSA) is 51.7 Å². The van der Waals surface area contributed by atoms with Crippen LogP contribution in [0.15, 0.2) is 12.3 Å². The van der Waals surface area contributed by atoms with Crippen LogP contribution in [0.2, 0.25) is 0 Å². The molecule has 6 heteroatoms. The average molecular weight is 332 g/mol. The minimum Gasteiger partial charge on any atom is -0.399 e. The van der Waals surface area contributed by atoms with E-state index in [0.29, 0.717) is 5.82 Å². The molecule has 0 atom stereocenters. The smallest absolute Gasteiger partial charge is 0.399 e. The first-order valence-electron chi connectivity index (χ1n) is 8.36. The van der Waals surface area contributed by atoms with E-state index in [9.17, 15) is 4.79 Å². The van der Waals surface area contributed by atoms with Crippen molar-refractivity contribution >= 4 is 24.3 Å². The average Bonchev–Trinajstić information content (AvgIpc) is 2.64. The Labute approximate surface area is 145 Å². The van der Waals surface area contributed by atoms with E-state index < -0.39 is 12.5 Å². The number of anilines is 1. The zero-order valence-electron chi connectivity index (χ0n) is 16.4. The second-order valence-corrected chi connectivity index (χ2v) is 8.61. The summed E-state index contributed by atoms with van der Waals surface area (Å²) in [4.78, 5) is 18.6. The van der Waals surface area contributed by atoms with Gasteiger partial charge in [-0.1, -0.05) is 26.8 Å². The highest BCUT2D eigenvalue weighted by Crippen LogP contribution is 2.36. The highest BCUT2D eigenvalue weighted by Gasteiger charge is 2.51. The Bertz CT molecular complexity index is 634. The summed E-state index contributed by atoms with van der Waals surface area (Å²) < 4.78 is 12.1. The van der Waals surface area contributed by atoms with Crippen LogP contribution in [0, 0.1) is 12.3 Å². The number of amides is 1. The Morgan fingerprint density at radius 1 is 1.17 bits per heavy atom. The number of carbonyl (C=O) groups is 1. The molecule has 1 aliphatic heterocycles. The molecule has 1 saturated heterocycles.